The van der Waals surface area contributed by atoms with Crippen molar-refractivity contribution in [3.05, 3.63) is 11.6 Å². The standard InChI is InChI=1S/C30H47F3O2/c1-19(2)7-6-8-20(3)24-11-12-25-23-10-9-21-17-22(35-27(34)18-30(31,32)33)13-15-28(21,4)26(23)14-16-29(24,25)5/h9,19-20,22-26H,6-8,10-18H2,1-5H3/t20-,22+,23-,24+,25-,26-,28-,29+/m0/s1. The van der Waals surface area contributed by atoms with Crippen LogP contribution < -0.4 is 0 Å². The third-order valence-electron chi connectivity index (χ3n) is 10.9. The molecule has 35 heavy (non-hydrogen) atoms. The minimum Gasteiger partial charge on any atom is -0.462 e. The van der Waals surface area contributed by atoms with Crippen LogP contribution in [0.1, 0.15) is 112 Å². The van der Waals surface area contributed by atoms with E-state index in [1.165, 1.54) is 50.5 Å². The van der Waals surface area contributed by atoms with Crippen LogP contribution in [0.5, 0.6) is 0 Å². The fraction of sp³-hybridized carbons (Fsp3) is 0.900. The first-order valence-electron chi connectivity index (χ1n) is 14.3. The lowest BCUT2D eigenvalue weighted by Crippen LogP contribution is -2.51. The van der Waals surface area contributed by atoms with Crippen LogP contribution in [0.4, 0.5) is 13.2 Å². The fourth-order valence-electron chi connectivity index (χ4n) is 9.14. The Hall–Kier alpha value is -1.00. The average molecular weight is 497 g/mol. The van der Waals surface area contributed by atoms with Crippen molar-refractivity contribution < 1.29 is 22.7 Å². The van der Waals surface area contributed by atoms with Gasteiger partial charge in [-0.15, -0.1) is 0 Å². The van der Waals surface area contributed by atoms with Crippen molar-refractivity contribution in [2.45, 2.75) is 124 Å². The predicted octanol–water partition coefficient (Wildman–Crippen LogP) is 8.89. The molecule has 0 N–H and O–H groups in total. The molecule has 8 atom stereocenters. The molecule has 0 bridgehead atoms. The molecule has 5 heteroatoms. The summed E-state index contributed by atoms with van der Waals surface area (Å²) in [6, 6.07) is 0. The topological polar surface area (TPSA) is 26.3 Å². The second-order valence-electron chi connectivity index (χ2n) is 13.4. The fourth-order valence-corrected chi connectivity index (χ4v) is 9.14. The van der Waals surface area contributed by atoms with Gasteiger partial charge in [0.25, 0.3) is 0 Å². The Morgan fingerprint density at radius 3 is 2.49 bits per heavy atom. The van der Waals surface area contributed by atoms with E-state index in [1.807, 2.05) is 0 Å². The largest absolute Gasteiger partial charge is 0.462 e. The van der Waals surface area contributed by atoms with E-state index in [0.29, 0.717) is 24.2 Å². The minimum atomic E-state index is -4.50. The van der Waals surface area contributed by atoms with Crippen LogP contribution in [0.25, 0.3) is 0 Å². The lowest BCUT2D eigenvalue weighted by molar-refractivity contribution is -0.177. The molecule has 0 heterocycles. The van der Waals surface area contributed by atoms with Crippen LogP contribution in [-0.4, -0.2) is 18.2 Å². The Labute approximate surface area is 210 Å². The second kappa shape index (κ2) is 10.0. The van der Waals surface area contributed by atoms with E-state index in [1.54, 1.807) is 0 Å². The Bertz CT molecular complexity index is 802. The van der Waals surface area contributed by atoms with Gasteiger partial charge in [-0.05, 0) is 91.3 Å². The first-order chi connectivity index (χ1) is 16.3. The molecule has 0 amide bonds. The molecule has 0 aromatic heterocycles. The third kappa shape index (κ3) is 5.49. The molecule has 200 valence electrons. The monoisotopic (exact) mass is 496 g/mol. The molecule has 0 saturated heterocycles. The molecule has 4 aliphatic rings. The number of carbonyl (C=O) groups is 1. The smallest absolute Gasteiger partial charge is 0.399 e. The molecule has 0 aromatic carbocycles. The van der Waals surface area contributed by atoms with Crippen LogP contribution in [-0.2, 0) is 9.53 Å². The maximum Gasteiger partial charge on any atom is 0.399 e. The third-order valence-corrected chi connectivity index (χ3v) is 10.9. The van der Waals surface area contributed by atoms with Crippen LogP contribution in [0.2, 0.25) is 0 Å². The number of hydrogen-bond acceptors (Lipinski definition) is 2. The molecule has 0 radical (unpaired) electrons. The highest BCUT2D eigenvalue weighted by molar-refractivity contribution is 5.70. The summed E-state index contributed by atoms with van der Waals surface area (Å²) in [4.78, 5) is 11.8. The van der Waals surface area contributed by atoms with Gasteiger partial charge in [0.05, 0.1) is 0 Å². The molecular formula is C30H47F3O2. The van der Waals surface area contributed by atoms with E-state index < -0.39 is 24.7 Å². The van der Waals surface area contributed by atoms with Gasteiger partial charge in [-0.25, -0.2) is 0 Å². The van der Waals surface area contributed by atoms with Crippen molar-refractivity contribution in [3.8, 4) is 0 Å². The van der Waals surface area contributed by atoms with Gasteiger partial charge in [0, 0.05) is 6.42 Å². The van der Waals surface area contributed by atoms with Crippen molar-refractivity contribution in [2.75, 3.05) is 0 Å². The zero-order valence-corrected chi connectivity index (χ0v) is 22.6. The molecule has 0 spiro atoms. The second-order valence-corrected chi connectivity index (χ2v) is 13.4. The minimum absolute atomic E-state index is 0.109. The van der Waals surface area contributed by atoms with Gasteiger partial charge in [0.15, 0.2) is 0 Å². The van der Waals surface area contributed by atoms with E-state index in [0.717, 1.165) is 42.4 Å². The summed E-state index contributed by atoms with van der Waals surface area (Å²) in [7, 11) is 0. The number of hydrogen-bond donors (Lipinski definition) is 0. The summed E-state index contributed by atoms with van der Waals surface area (Å²) in [5, 5.41) is 0. The van der Waals surface area contributed by atoms with Gasteiger partial charge in [-0.1, -0.05) is 65.5 Å². The van der Waals surface area contributed by atoms with Crippen LogP contribution in [0.15, 0.2) is 11.6 Å². The number of rotatable bonds is 7. The van der Waals surface area contributed by atoms with Crippen molar-refractivity contribution in [2.24, 2.45) is 46.3 Å². The number of alkyl halides is 3. The highest BCUT2D eigenvalue weighted by Gasteiger charge is 2.59. The highest BCUT2D eigenvalue weighted by atomic mass is 19.4. The first kappa shape index (κ1) is 27.0. The van der Waals surface area contributed by atoms with Crippen LogP contribution >= 0.6 is 0 Å². The number of carbonyl (C=O) groups excluding carboxylic acids is 1. The summed E-state index contributed by atoms with van der Waals surface area (Å²) in [6.45, 7) is 12.1. The lowest BCUT2D eigenvalue weighted by atomic mass is 9.47. The summed E-state index contributed by atoms with van der Waals surface area (Å²) in [5.41, 5.74) is 1.90. The highest BCUT2D eigenvalue weighted by Crippen LogP contribution is 2.67. The van der Waals surface area contributed by atoms with Gasteiger partial charge < -0.3 is 4.74 Å². The van der Waals surface area contributed by atoms with E-state index >= 15 is 0 Å². The summed E-state index contributed by atoms with van der Waals surface area (Å²) in [6.07, 6.45) is 8.65. The number of esters is 1. The van der Waals surface area contributed by atoms with E-state index in [-0.39, 0.29) is 5.41 Å². The maximum atomic E-state index is 12.6. The Morgan fingerprint density at radius 1 is 1.06 bits per heavy atom. The zero-order chi connectivity index (χ0) is 25.6. The summed E-state index contributed by atoms with van der Waals surface area (Å²) >= 11 is 0. The summed E-state index contributed by atoms with van der Waals surface area (Å²) in [5.74, 6) is 3.46. The number of fused-ring (bicyclic) bond motifs is 5. The zero-order valence-electron chi connectivity index (χ0n) is 22.6. The molecule has 4 aliphatic carbocycles. The Kier molecular flexibility index (Phi) is 7.76. The van der Waals surface area contributed by atoms with Crippen LogP contribution in [0.3, 0.4) is 0 Å². The molecule has 0 aromatic rings. The van der Waals surface area contributed by atoms with Gasteiger partial charge >= 0.3 is 12.1 Å². The Balaban J connectivity index is 1.42. The Morgan fingerprint density at radius 2 is 1.80 bits per heavy atom. The van der Waals surface area contributed by atoms with Gasteiger partial charge in [-0.2, -0.15) is 13.2 Å². The van der Waals surface area contributed by atoms with Crippen LogP contribution in [0, 0.1) is 46.3 Å². The van der Waals surface area contributed by atoms with E-state index in [9.17, 15) is 18.0 Å². The first-order valence-corrected chi connectivity index (χ1v) is 14.3. The quantitative estimate of drug-likeness (QED) is 0.260. The molecule has 2 nitrogen and oxygen atoms in total. The van der Waals surface area contributed by atoms with Crippen molar-refractivity contribution in [1.29, 1.82) is 0 Å². The average Bonchev–Trinajstić information content (AvgIpc) is 3.09. The SMILES string of the molecule is CC(C)CCC[C@H](C)[C@H]1CC[C@H]2[C@@H]3CC=C4C[C@H](OC(=O)CC(F)(F)F)CC[C@]4(C)[C@H]3CC[C@]12C. The van der Waals surface area contributed by atoms with Gasteiger partial charge in [0.1, 0.15) is 12.5 Å². The molecule has 0 unspecified atom stereocenters. The van der Waals surface area contributed by atoms with Crippen molar-refractivity contribution >= 4 is 5.97 Å². The molecular weight excluding hydrogens is 449 g/mol. The molecule has 3 fully saturated rings. The predicted molar refractivity (Wildman–Crippen MR) is 134 cm³/mol. The normalized spacial score (nSPS) is 39.9. The van der Waals surface area contributed by atoms with E-state index in [2.05, 4.69) is 40.7 Å². The van der Waals surface area contributed by atoms with Gasteiger partial charge in [0.2, 0.25) is 0 Å². The summed E-state index contributed by atoms with van der Waals surface area (Å²) < 4.78 is 43.0. The number of halogens is 3. The lowest BCUT2D eigenvalue weighted by Gasteiger charge is -2.58. The maximum absolute atomic E-state index is 12.6. The van der Waals surface area contributed by atoms with Crippen molar-refractivity contribution in [3.63, 3.8) is 0 Å². The molecule has 4 rings (SSSR count). The molecule has 3 saturated carbocycles. The van der Waals surface area contributed by atoms with Crippen molar-refractivity contribution in [1.82, 2.24) is 0 Å². The number of allylic oxidation sites excluding steroid dienone is 1. The number of ether oxygens (including phenoxy) is 1. The molecule has 0 aliphatic heterocycles. The van der Waals surface area contributed by atoms with E-state index in [4.69, 9.17) is 4.74 Å². The van der Waals surface area contributed by atoms with Gasteiger partial charge in [-0.3, -0.25) is 4.79 Å².